The molecule has 0 amide bonds. The highest BCUT2D eigenvalue weighted by atomic mass is 32.2. The quantitative estimate of drug-likeness (QED) is 0.157. The fourth-order valence-electron chi connectivity index (χ4n) is 4.61. The van der Waals surface area contributed by atoms with E-state index in [0.29, 0.717) is 37.2 Å². The predicted molar refractivity (Wildman–Crippen MR) is 168 cm³/mol. The summed E-state index contributed by atoms with van der Waals surface area (Å²) in [7, 11) is -3.72. The summed E-state index contributed by atoms with van der Waals surface area (Å²) in [4.78, 5) is 16.5. The average Bonchev–Trinajstić information content (AvgIpc) is 3.48. The zero-order valence-corrected chi connectivity index (χ0v) is 25.7. The van der Waals surface area contributed by atoms with Crippen molar-refractivity contribution in [3.63, 3.8) is 0 Å². The first-order valence-electron chi connectivity index (χ1n) is 14.4. The molecule has 0 fully saturated rings. The number of aromatic nitrogens is 2. The molecule has 1 heterocycles. The van der Waals surface area contributed by atoms with Crippen molar-refractivity contribution >= 4 is 21.7 Å². The molecule has 1 aromatic heterocycles. The number of rotatable bonds is 15. The molecule has 10 heteroatoms. The standard InChI is InChI=1S/C33H40N4O5S/c1-4-42-32(39)17-16-25-10-8-11-26(20-25)30-23-37(24-34-30)19-18-33(2,3)35-22-31(38)27-12-9-13-28(21-27)36-43(40,41)29-14-6-5-7-15-29/h5-15,20-21,23-24,31,35-36,38H,4,16-19,22H2,1-3H3. The van der Waals surface area contributed by atoms with Crippen LogP contribution in [0.4, 0.5) is 5.69 Å². The molecule has 0 bridgehead atoms. The first-order valence-corrected chi connectivity index (χ1v) is 15.9. The lowest BCUT2D eigenvalue weighted by molar-refractivity contribution is -0.143. The molecule has 43 heavy (non-hydrogen) atoms. The van der Waals surface area contributed by atoms with Crippen molar-refractivity contribution in [3.8, 4) is 11.3 Å². The van der Waals surface area contributed by atoms with Gasteiger partial charge in [-0.15, -0.1) is 0 Å². The van der Waals surface area contributed by atoms with Gasteiger partial charge >= 0.3 is 5.97 Å². The molecule has 0 radical (unpaired) electrons. The van der Waals surface area contributed by atoms with Crippen LogP contribution >= 0.6 is 0 Å². The molecule has 0 aliphatic carbocycles. The Morgan fingerprint density at radius 2 is 1.81 bits per heavy atom. The smallest absolute Gasteiger partial charge is 0.306 e. The van der Waals surface area contributed by atoms with Crippen LogP contribution < -0.4 is 10.0 Å². The molecule has 3 N–H and O–H groups in total. The van der Waals surface area contributed by atoms with Gasteiger partial charge in [-0.25, -0.2) is 13.4 Å². The van der Waals surface area contributed by atoms with E-state index in [4.69, 9.17) is 4.74 Å². The van der Waals surface area contributed by atoms with Gasteiger partial charge in [0.2, 0.25) is 0 Å². The molecule has 3 aromatic carbocycles. The van der Waals surface area contributed by atoms with E-state index in [1.807, 2.05) is 35.3 Å². The predicted octanol–water partition coefficient (Wildman–Crippen LogP) is 5.34. The summed E-state index contributed by atoms with van der Waals surface area (Å²) < 4.78 is 35.0. The summed E-state index contributed by atoms with van der Waals surface area (Å²) in [6.45, 7) is 7.37. The highest BCUT2D eigenvalue weighted by molar-refractivity contribution is 7.92. The van der Waals surface area contributed by atoms with Gasteiger partial charge in [0.1, 0.15) is 0 Å². The van der Waals surface area contributed by atoms with E-state index < -0.39 is 16.1 Å². The summed E-state index contributed by atoms with van der Waals surface area (Å²) in [5, 5.41) is 14.3. The zero-order chi connectivity index (χ0) is 30.9. The number of nitrogens with one attached hydrogen (secondary N) is 2. The topological polar surface area (TPSA) is 123 Å². The molecular formula is C33H40N4O5S. The van der Waals surface area contributed by atoms with Crippen LogP contribution in [0.1, 0.15) is 50.8 Å². The van der Waals surface area contributed by atoms with E-state index in [1.54, 1.807) is 49.4 Å². The van der Waals surface area contributed by atoms with E-state index in [2.05, 4.69) is 34.9 Å². The number of anilines is 1. The number of aryl methyl sites for hydroxylation is 2. The number of carbonyl (C=O) groups excluding carboxylic acids is 1. The lowest BCUT2D eigenvalue weighted by atomic mass is 9.99. The van der Waals surface area contributed by atoms with Crippen LogP contribution in [-0.4, -0.2) is 47.7 Å². The average molecular weight is 605 g/mol. The molecule has 0 spiro atoms. The summed E-state index contributed by atoms with van der Waals surface area (Å²) in [6, 6.07) is 23.0. The maximum absolute atomic E-state index is 12.7. The maximum atomic E-state index is 12.7. The molecule has 1 unspecified atom stereocenters. The largest absolute Gasteiger partial charge is 0.466 e. The third-order valence-electron chi connectivity index (χ3n) is 7.13. The molecule has 9 nitrogen and oxygen atoms in total. The Kier molecular flexibility index (Phi) is 10.7. The third kappa shape index (κ3) is 9.51. The second-order valence-electron chi connectivity index (χ2n) is 11.1. The minimum Gasteiger partial charge on any atom is -0.466 e. The lowest BCUT2D eigenvalue weighted by Gasteiger charge is -2.28. The highest BCUT2D eigenvalue weighted by Gasteiger charge is 2.20. The molecule has 1 atom stereocenters. The van der Waals surface area contributed by atoms with Crippen molar-refractivity contribution in [2.24, 2.45) is 0 Å². The monoisotopic (exact) mass is 604 g/mol. The number of aliphatic hydroxyl groups is 1. The van der Waals surface area contributed by atoms with Crippen molar-refractivity contribution in [3.05, 3.63) is 103 Å². The van der Waals surface area contributed by atoms with Gasteiger partial charge in [0.05, 0.1) is 29.6 Å². The number of aliphatic hydroxyl groups excluding tert-OH is 1. The van der Waals surface area contributed by atoms with E-state index in [1.165, 1.54) is 12.1 Å². The number of hydrogen-bond donors (Lipinski definition) is 3. The molecular weight excluding hydrogens is 564 g/mol. The van der Waals surface area contributed by atoms with Crippen LogP contribution in [0.2, 0.25) is 0 Å². The Morgan fingerprint density at radius 3 is 2.58 bits per heavy atom. The molecule has 228 valence electrons. The normalized spacial score (nSPS) is 12.6. The lowest BCUT2D eigenvalue weighted by Crippen LogP contribution is -2.42. The fraction of sp³-hybridized carbons (Fsp3) is 0.333. The van der Waals surface area contributed by atoms with Crippen LogP contribution in [0.5, 0.6) is 0 Å². The number of benzene rings is 3. The van der Waals surface area contributed by atoms with Gasteiger partial charge in [0.15, 0.2) is 0 Å². The Labute approximate surface area is 254 Å². The van der Waals surface area contributed by atoms with Gasteiger partial charge in [-0.3, -0.25) is 9.52 Å². The van der Waals surface area contributed by atoms with Gasteiger partial charge < -0.3 is 19.7 Å². The van der Waals surface area contributed by atoms with E-state index in [-0.39, 0.29) is 16.4 Å². The Balaban J connectivity index is 1.29. The van der Waals surface area contributed by atoms with Crippen LogP contribution in [-0.2, 0) is 32.5 Å². The summed E-state index contributed by atoms with van der Waals surface area (Å²) in [5.74, 6) is -0.194. The van der Waals surface area contributed by atoms with Gasteiger partial charge in [-0.2, -0.15) is 0 Å². The fourth-order valence-corrected chi connectivity index (χ4v) is 5.68. The first kappa shape index (κ1) is 31.9. The number of imidazole rings is 1. The van der Waals surface area contributed by atoms with Crippen LogP contribution in [0.25, 0.3) is 11.3 Å². The van der Waals surface area contributed by atoms with Crippen molar-refractivity contribution in [1.29, 1.82) is 0 Å². The molecule has 0 saturated heterocycles. The van der Waals surface area contributed by atoms with E-state index >= 15 is 0 Å². The number of nitrogens with zero attached hydrogens (tertiary/aromatic N) is 2. The number of sulfonamides is 1. The Hall–Kier alpha value is -3.99. The number of esters is 1. The number of carbonyl (C=O) groups is 1. The third-order valence-corrected chi connectivity index (χ3v) is 8.52. The minimum absolute atomic E-state index is 0.175. The van der Waals surface area contributed by atoms with Crippen molar-refractivity contribution in [1.82, 2.24) is 14.9 Å². The Morgan fingerprint density at radius 1 is 1.05 bits per heavy atom. The van der Waals surface area contributed by atoms with Crippen LogP contribution in [0.15, 0.2) is 96.3 Å². The highest BCUT2D eigenvalue weighted by Crippen LogP contribution is 2.23. The summed E-state index contributed by atoms with van der Waals surface area (Å²) in [6.07, 6.45) is 4.75. The van der Waals surface area contributed by atoms with Crippen molar-refractivity contribution in [2.45, 2.75) is 63.1 Å². The summed E-state index contributed by atoms with van der Waals surface area (Å²) in [5.41, 5.74) is 3.63. The van der Waals surface area contributed by atoms with Gasteiger partial charge in [-0.1, -0.05) is 48.5 Å². The van der Waals surface area contributed by atoms with E-state index in [0.717, 1.165) is 29.8 Å². The Bertz CT molecular complexity index is 1600. The van der Waals surface area contributed by atoms with E-state index in [9.17, 15) is 18.3 Å². The molecule has 0 aliphatic rings. The van der Waals surface area contributed by atoms with Gasteiger partial charge in [0.25, 0.3) is 10.0 Å². The molecule has 0 saturated carbocycles. The SMILES string of the molecule is CCOC(=O)CCc1cccc(-c2cn(CCC(C)(C)NCC(O)c3cccc(NS(=O)(=O)c4ccccc4)c3)cn2)c1. The second kappa shape index (κ2) is 14.5. The molecule has 0 aliphatic heterocycles. The van der Waals surface area contributed by atoms with Gasteiger partial charge in [0, 0.05) is 42.5 Å². The summed E-state index contributed by atoms with van der Waals surface area (Å²) >= 11 is 0. The first-order chi connectivity index (χ1) is 20.5. The van der Waals surface area contributed by atoms with Gasteiger partial charge in [-0.05, 0) is 75.1 Å². The number of hydrogen-bond acceptors (Lipinski definition) is 7. The number of β-amino-alcohol motifs (C(OH)–C–C–N with tert-alkyl or cyclic N) is 1. The maximum Gasteiger partial charge on any atom is 0.306 e. The van der Waals surface area contributed by atoms with Crippen molar-refractivity contribution in [2.75, 3.05) is 17.9 Å². The second-order valence-corrected chi connectivity index (χ2v) is 12.8. The zero-order valence-electron chi connectivity index (χ0n) is 24.9. The van der Waals surface area contributed by atoms with Crippen molar-refractivity contribution < 1.29 is 23.1 Å². The van der Waals surface area contributed by atoms with Crippen LogP contribution in [0.3, 0.4) is 0 Å². The molecule has 4 aromatic rings. The minimum atomic E-state index is -3.72. The molecule has 4 rings (SSSR count). The van der Waals surface area contributed by atoms with Crippen LogP contribution in [0, 0.1) is 0 Å². The number of ether oxygens (including phenoxy) is 1.